The molecule has 1 saturated heterocycles. The molecule has 1 aromatic heterocycles. The Balaban J connectivity index is 1.38. The maximum atomic E-state index is 13.0. The van der Waals surface area contributed by atoms with Gasteiger partial charge >= 0.3 is 5.97 Å². The lowest BCUT2D eigenvalue weighted by molar-refractivity contribution is -0.141. The van der Waals surface area contributed by atoms with Crippen LogP contribution in [0.2, 0.25) is 0 Å². The van der Waals surface area contributed by atoms with Crippen LogP contribution in [0.3, 0.4) is 0 Å². The number of hydrogen-bond donors (Lipinski definition) is 1. The van der Waals surface area contributed by atoms with E-state index in [9.17, 15) is 22.8 Å². The number of amides is 2. The second-order valence-corrected chi connectivity index (χ2v) is 10.7. The third-order valence-electron chi connectivity index (χ3n) is 6.26. The lowest BCUT2D eigenvalue weighted by Gasteiger charge is -2.35. The summed E-state index contributed by atoms with van der Waals surface area (Å²) in [5.74, 6) is -1.22. The molecule has 2 aromatic carbocycles. The van der Waals surface area contributed by atoms with E-state index in [1.54, 1.807) is 48.2 Å². The van der Waals surface area contributed by atoms with Gasteiger partial charge in [-0.1, -0.05) is 23.8 Å². The number of nitrogens with zero attached hydrogens (tertiary/aromatic N) is 2. The maximum Gasteiger partial charge on any atom is 0.338 e. The number of sulfonamides is 1. The largest absolute Gasteiger partial charge is 0.459 e. The summed E-state index contributed by atoms with van der Waals surface area (Å²) in [4.78, 5) is 41.2. The zero-order valence-electron chi connectivity index (χ0n) is 21.3. The summed E-state index contributed by atoms with van der Waals surface area (Å²) in [6.45, 7) is 6.19. The number of rotatable bonds is 7. The van der Waals surface area contributed by atoms with Crippen molar-refractivity contribution in [1.29, 1.82) is 0 Å². The number of esters is 1. The van der Waals surface area contributed by atoms with Crippen LogP contribution < -0.4 is 4.72 Å². The zero-order chi connectivity index (χ0) is 27.4. The lowest BCUT2D eigenvalue weighted by atomic mass is 10.1. The molecule has 2 amide bonds. The number of benzene rings is 2. The number of carbonyl (C=O) groups is 3. The summed E-state index contributed by atoms with van der Waals surface area (Å²) in [6.07, 6.45) is 0.331. The molecule has 0 saturated carbocycles. The molecule has 3 aromatic rings. The SMILES string of the molecule is Cc1ccc(NS(=O)(=O)c2cc(C(=O)O[C@@H](C)C(=O)N3CCN(C(=O)c4ccco4)CC3)ccc2C)cc1. The number of anilines is 1. The molecular weight excluding hydrogens is 510 g/mol. The topological polar surface area (TPSA) is 126 Å². The third-order valence-corrected chi connectivity index (χ3v) is 7.78. The van der Waals surface area contributed by atoms with Crippen molar-refractivity contribution in [3.8, 4) is 0 Å². The van der Waals surface area contributed by atoms with E-state index in [0.29, 0.717) is 24.3 Å². The van der Waals surface area contributed by atoms with Crippen LogP contribution in [0.4, 0.5) is 5.69 Å². The van der Waals surface area contributed by atoms with Gasteiger partial charge in [0.2, 0.25) is 0 Å². The fourth-order valence-corrected chi connectivity index (χ4v) is 5.40. The van der Waals surface area contributed by atoms with E-state index < -0.39 is 28.0 Å². The number of ether oxygens (including phenoxy) is 1. The molecule has 1 fully saturated rings. The number of furan rings is 1. The highest BCUT2D eigenvalue weighted by Gasteiger charge is 2.30. The van der Waals surface area contributed by atoms with E-state index in [-0.39, 0.29) is 35.2 Å². The molecule has 0 unspecified atom stereocenters. The van der Waals surface area contributed by atoms with Gasteiger partial charge in [0.15, 0.2) is 11.9 Å². The Hall–Kier alpha value is -4.12. The van der Waals surface area contributed by atoms with Crippen LogP contribution in [-0.4, -0.2) is 68.3 Å². The van der Waals surface area contributed by atoms with E-state index in [2.05, 4.69) is 4.72 Å². The Kier molecular flexibility index (Phi) is 7.86. The first-order valence-electron chi connectivity index (χ1n) is 12.1. The molecule has 1 atom stereocenters. The summed E-state index contributed by atoms with van der Waals surface area (Å²) in [5, 5.41) is 0. The second kappa shape index (κ2) is 11.1. The van der Waals surface area contributed by atoms with Gasteiger partial charge in [0.05, 0.1) is 16.7 Å². The predicted molar refractivity (Wildman–Crippen MR) is 139 cm³/mol. The Morgan fingerprint density at radius 1 is 0.947 bits per heavy atom. The number of carbonyl (C=O) groups excluding carboxylic acids is 3. The van der Waals surface area contributed by atoms with E-state index in [1.807, 2.05) is 6.92 Å². The van der Waals surface area contributed by atoms with Gasteiger partial charge in [-0.2, -0.15) is 0 Å². The molecule has 0 aliphatic carbocycles. The molecule has 11 heteroatoms. The minimum Gasteiger partial charge on any atom is -0.459 e. The highest BCUT2D eigenvalue weighted by molar-refractivity contribution is 7.92. The quantitative estimate of drug-likeness (QED) is 0.457. The van der Waals surface area contributed by atoms with Crippen molar-refractivity contribution in [2.24, 2.45) is 0 Å². The summed E-state index contributed by atoms with van der Waals surface area (Å²) < 4.78 is 39.1. The first-order valence-corrected chi connectivity index (χ1v) is 13.6. The van der Waals surface area contributed by atoms with Crippen molar-refractivity contribution in [2.45, 2.75) is 31.8 Å². The molecule has 4 rings (SSSR count). The minimum absolute atomic E-state index is 0.00777. The van der Waals surface area contributed by atoms with E-state index in [1.165, 1.54) is 36.3 Å². The number of piperazine rings is 1. The monoisotopic (exact) mass is 539 g/mol. The second-order valence-electron chi connectivity index (χ2n) is 9.09. The van der Waals surface area contributed by atoms with Gasteiger partial charge < -0.3 is 19.0 Å². The number of hydrogen-bond acceptors (Lipinski definition) is 7. The number of aryl methyl sites for hydroxylation is 2. The molecule has 200 valence electrons. The lowest BCUT2D eigenvalue weighted by Crippen LogP contribution is -2.53. The summed E-state index contributed by atoms with van der Waals surface area (Å²) in [6, 6.07) is 14.3. The molecule has 1 aliphatic heterocycles. The van der Waals surface area contributed by atoms with Crippen LogP contribution in [-0.2, 0) is 19.6 Å². The Morgan fingerprint density at radius 3 is 2.24 bits per heavy atom. The van der Waals surface area contributed by atoms with E-state index in [4.69, 9.17) is 9.15 Å². The fraction of sp³-hybridized carbons (Fsp3) is 0.296. The molecule has 0 spiro atoms. The zero-order valence-corrected chi connectivity index (χ0v) is 22.2. The molecule has 0 bridgehead atoms. The standard InChI is InChI=1S/C27H29N3O7S/c1-18-6-10-22(11-7-18)28-38(34,35)24-17-21(9-8-19(24)2)27(33)37-20(3)25(31)29-12-14-30(15-13-29)26(32)23-5-4-16-36-23/h4-11,16-17,20,28H,12-15H2,1-3H3/t20-/m0/s1. The van der Waals surface area contributed by atoms with Crippen molar-refractivity contribution in [1.82, 2.24) is 9.80 Å². The molecule has 38 heavy (non-hydrogen) atoms. The van der Waals surface area contributed by atoms with Crippen molar-refractivity contribution in [2.75, 3.05) is 30.9 Å². The van der Waals surface area contributed by atoms with Gasteiger partial charge in [0.25, 0.3) is 21.8 Å². The van der Waals surface area contributed by atoms with Crippen molar-refractivity contribution >= 4 is 33.5 Å². The van der Waals surface area contributed by atoms with Crippen molar-refractivity contribution in [3.63, 3.8) is 0 Å². The molecular formula is C27H29N3O7S. The Morgan fingerprint density at radius 2 is 1.61 bits per heavy atom. The van der Waals surface area contributed by atoms with Gasteiger partial charge in [-0.05, 0) is 62.7 Å². The van der Waals surface area contributed by atoms with Crippen molar-refractivity contribution < 1.29 is 32.0 Å². The first kappa shape index (κ1) is 26.9. The maximum absolute atomic E-state index is 13.0. The Bertz CT molecular complexity index is 1430. The molecule has 10 nitrogen and oxygen atoms in total. The van der Waals surface area contributed by atoms with E-state index in [0.717, 1.165) is 5.56 Å². The number of nitrogens with one attached hydrogen (secondary N) is 1. The average molecular weight is 540 g/mol. The third kappa shape index (κ3) is 6.05. The predicted octanol–water partition coefficient (Wildman–Crippen LogP) is 3.23. The van der Waals surface area contributed by atoms with Gasteiger partial charge in [0, 0.05) is 31.9 Å². The van der Waals surface area contributed by atoms with Gasteiger partial charge in [-0.3, -0.25) is 14.3 Å². The molecule has 2 heterocycles. The fourth-order valence-electron chi connectivity index (χ4n) is 4.07. The average Bonchev–Trinajstić information content (AvgIpc) is 3.44. The van der Waals surface area contributed by atoms with Gasteiger partial charge in [-0.25, -0.2) is 13.2 Å². The smallest absolute Gasteiger partial charge is 0.338 e. The van der Waals surface area contributed by atoms with Crippen LogP contribution >= 0.6 is 0 Å². The van der Waals surface area contributed by atoms with Crippen LogP contribution in [0.25, 0.3) is 0 Å². The summed E-state index contributed by atoms with van der Waals surface area (Å²) in [5.41, 5.74) is 1.84. The Labute approximate surface area is 221 Å². The molecule has 1 aliphatic rings. The van der Waals surface area contributed by atoms with Gasteiger partial charge in [-0.15, -0.1) is 0 Å². The van der Waals surface area contributed by atoms with Crippen LogP contribution in [0.1, 0.15) is 39.0 Å². The molecule has 0 radical (unpaired) electrons. The van der Waals surface area contributed by atoms with Crippen LogP contribution in [0.15, 0.2) is 70.2 Å². The van der Waals surface area contributed by atoms with Crippen molar-refractivity contribution in [3.05, 3.63) is 83.3 Å². The van der Waals surface area contributed by atoms with Crippen LogP contribution in [0.5, 0.6) is 0 Å². The normalized spacial score (nSPS) is 14.6. The molecule has 1 N–H and O–H groups in total. The first-order chi connectivity index (χ1) is 18.0. The summed E-state index contributed by atoms with van der Waals surface area (Å²) >= 11 is 0. The van der Waals surface area contributed by atoms with E-state index >= 15 is 0 Å². The van der Waals surface area contributed by atoms with Crippen LogP contribution in [0, 0.1) is 13.8 Å². The summed E-state index contributed by atoms with van der Waals surface area (Å²) in [7, 11) is -3.98. The minimum atomic E-state index is -3.98. The van der Waals surface area contributed by atoms with Gasteiger partial charge in [0.1, 0.15) is 0 Å². The highest BCUT2D eigenvalue weighted by atomic mass is 32.2. The highest BCUT2D eigenvalue weighted by Crippen LogP contribution is 2.22.